The second-order valence-electron chi connectivity index (χ2n) is 6.82. The fourth-order valence-electron chi connectivity index (χ4n) is 2.96. The largest absolute Gasteiger partial charge is 0.457 e. The lowest BCUT2D eigenvalue weighted by Crippen LogP contribution is -2.09. The summed E-state index contributed by atoms with van der Waals surface area (Å²) >= 11 is 0. The molecule has 0 N–H and O–H groups in total. The van der Waals surface area contributed by atoms with Crippen LogP contribution in [0.15, 0.2) is 51.7 Å². The van der Waals surface area contributed by atoms with Crippen LogP contribution in [0.3, 0.4) is 0 Å². The number of sulfone groups is 1. The minimum atomic E-state index is -3.21. The van der Waals surface area contributed by atoms with Gasteiger partial charge in [0.2, 0.25) is 0 Å². The van der Waals surface area contributed by atoms with Gasteiger partial charge in [0.05, 0.1) is 11.3 Å². The monoisotopic (exact) mass is 400 g/mol. The Morgan fingerprint density at radius 1 is 1.11 bits per heavy atom. The highest BCUT2D eigenvalue weighted by molar-refractivity contribution is 7.89. The van der Waals surface area contributed by atoms with Crippen molar-refractivity contribution in [1.82, 2.24) is 0 Å². The molecule has 0 aliphatic rings. The molecule has 0 radical (unpaired) electrons. The van der Waals surface area contributed by atoms with Gasteiger partial charge >= 0.3 is 11.6 Å². The van der Waals surface area contributed by atoms with Crippen molar-refractivity contribution >= 4 is 26.8 Å². The van der Waals surface area contributed by atoms with Crippen molar-refractivity contribution in [2.24, 2.45) is 0 Å². The summed E-state index contributed by atoms with van der Waals surface area (Å²) in [4.78, 5) is 24.3. The van der Waals surface area contributed by atoms with Gasteiger partial charge in [0.1, 0.15) is 12.2 Å². The van der Waals surface area contributed by atoms with Crippen molar-refractivity contribution in [2.45, 2.75) is 26.2 Å². The third kappa shape index (κ3) is 4.48. The molecule has 3 aromatic rings. The first kappa shape index (κ1) is 19.8. The topological polar surface area (TPSA) is 90.7 Å². The standard InChI is InChI=1S/C21H20O6S/c1-13-7-8-18-17(10-19(22)27-20(18)14(13)2)11-26-21(23)16-6-4-5-15(9-16)12-28(3,24)25/h4-10H,11-12H2,1-3H3. The zero-order valence-electron chi connectivity index (χ0n) is 15.8. The predicted octanol–water partition coefficient (Wildman–Crippen LogP) is 3.31. The summed E-state index contributed by atoms with van der Waals surface area (Å²) in [6.45, 7) is 3.69. The molecule has 0 unspecified atom stereocenters. The first-order chi connectivity index (χ1) is 13.1. The fraction of sp³-hybridized carbons (Fsp3) is 0.238. The van der Waals surface area contributed by atoms with E-state index >= 15 is 0 Å². The molecule has 2 aromatic carbocycles. The van der Waals surface area contributed by atoms with E-state index in [1.54, 1.807) is 18.2 Å². The summed E-state index contributed by atoms with van der Waals surface area (Å²) in [5.41, 5.74) is 3.13. The molecule has 0 bridgehead atoms. The second-order valence-corrected chi connectivity index (χ2v) is 8.96. The molecule has 3 rings (SSSR count). The van der Waals surface area contributed by atoms with E-state index in [0.717, 1.165) is 17.4 Å². The van der Waals surface area contributed by atoms with Crippen LogP contribution in [-0.4, -0.2) is 20.6 Å². The van der Waals surface area contributed by atoms with Gasteiger partial charge < -0.3 is 9.15 Å². The van der Waals surface area contributed by atoms with E-state index in [-0.39, 0.29) is 17.9 Å². The van der Waals surface area contributed by atoms with Crippen LogP contribution in [0.4, 0.5) is 0 Å². The number of ether oxygens (including phenoxy) is 1. The van der Waals surface area contributed by atoms with Gasteiger partial charge in [0.25, 0.3) is 0 Å². The minimum absolute atomic E-state index is 0.0975. The summed E-state index contributed by atoms with van der Waals surface area (Å²) < 4.78 is 33.6. The minimum Gasteiger partial charge on any atom is -0.457 e. The Hall–Kier alpha value is -2.93. The zero-order chi connectivity index (χ0) is 20.5. The third-order valence-electron chi connectivity index (χ3n) is 4.47. The average molecular weight is 400 g/mol. The smallest absolute Gasteiger partial charge is 0.338 e. The van der Waals surface area contributed by atoms with Crippen LogP contribution in [0, 0.1) is 13.8 Å². The van der Waals surface area contributed by atoms with Gasteiger partial charge in [-0.1, -0.05) is 24.3 Å². The molecule has 146 valence electrons. The van der Waals surface area contributed by atoms with Gasteiger partial charge in [-0.25, -0.2) is 18.0 Å². The molecule has 7 heteroatoms. The van der Waals surface area contributed by atoms with Crippen LogP contribution in [-0.2, 0) is 26.9 Å². The highest BCUT2D eigenvalue weighted by atomic mass is 32.2. The first-order valence-electron chi connectivity index (χ1n) is 8.61. The normalized spacial score (nSPS) is 11.5. The Morgan fingerprint density at radius 2 is 1.86 bits per heavy atom. The number of benzene rings is 2. The summed E-state index contributed by atoms with van der Waals surface area (Å²) in [5, 5.41) is 0.710. The van der Waals surface area contributed by atoms with E-state index in [0.29, 0.717) is 22.1 Å². The predicted molar refractivity (Wildman–Crippen MR) is 106 cm³/mol. The number of hydrogen-bond acceptors (Lipinski definition) is 6. The number of fused-ring (bicyclic) bond motifs is 1. The molecular formula is C21H20O6S. The van der Waals surface area contributed by atoms with Crippen molar-refractivity contribution in [2.75, 3.05) is 6.26 Å². The molecule has 1 heterocycles. The van der Waals surface area contributed by atoms with Crippen LogP contribution >= 0.6 is 0 Å². The van der Waals surface area contributed by atoms with Gasteiger partial charge in [-0.2, -0.15) is 0 Å². The van der Waals surface area contributed by atoms with Crippen LogP contribution in [0.2, 0.25) is 0 Å². The maximum atomic E-state index is 12.4. The summed E-state index contributed by atoms with van der Waals surface area (Å²) in [6, 6.07) is 11.3. The van der Waals surface area contributed by atoms with Gasteiger partial charge in [-0.15, -0.1) is 0 Å². The summed E-state index contributed by atoms with van der Waals surface area (Å²) in [7, 11) is -3.21. The van der Waals surface area contributed by atoms with E-state index in [2.05, 4.69) is 0 Å². The maximum absolute atomic E-state index is 12.4. The summed E-state index contributed by atoms with van der Waals surface area (Å²) in [5.74, 6) is -0.752. The lowest BCUT2D eigenvalue weighted by molar-refractivity contribution is 0.0473. The molecule has 0 aliphatic heterocycles. The molecule has 0 saturated heterocycles. The lowest BCUT2D eigenvalue weighted by atomic mass is 10.0. The number of rotatable bonds is 5. The van der Waals surface area contributed by atoms with Gasteiger partial charge in [-0.05, 0) is 42.7 Å². The molecule has 0 fully saturated rings. The Labute approximate surface area is 162 Å². The quantitative estimate of drug-likeness (QED) is 0.482. The lowest BCUT2D eigenvalue weighted by Gasteiger charge is -2.10. The molecule has 0 atom stereocenters. The van der Waals surface area contributed by atoms with Gasteiger partial charge in [0, 0.05) is 23.3 Å². The van der Waals surface area contributed by atoms with Gasteiger partial charge in [-0.3, -0.25) is 0 Å². The maximum Gasteiger partial charge on any atom is 0.338 e. The fourth-order valence-corrected chi connectivity index (χ4v) is 3.75. The van der Waals surface area contributed by atoms with Crippen molar-refractivity contribution < 1.29 is 22.4 Å². The first-order valence-corrected chi connectivity index (χ1v) is 10.7. The molecular weight excluding hydrogens is 380 g/mol. The Morgan fingerprint density at radius 3 is 2.57 bits per heavy atom. The number of carbonyl (C=O) groups is 1. The molecule has 0 amide bonds. The number of carbonyl (C=O) groups excluding carboxylic acids is 1. The highest BCUT2D eigenvalue weighted by Crippen LogP contribution is 2.24. The van der Waals surface area contributed by atoms with Crippen LogP contribution in [0.25, 0.3) is 11.0 Å². The van der Waals surface area contributed by atoms with E-state index in [1.165, 1.54) is 12.1 Å². The third-order valence-corrected chi connectivity index (χ3v) is 5.33. The average Bonchev–Trinajstić information content (AvgIpc) is 2.61. The van der Waals surface area contributed by atoms with Crippen LogP contribution < -0.4 is 5.63 Å². The Bertz CT molecular complexity index is 1220. The highest BCUT2D eigenvalue weighted by Gasteiger charge is 2.14. The van der Waals surface area contributed by atoms with Crippen molar-refractivity contribution in [3.05, 3.63) is 80.7 Å². The SMILES string of the molecule is Cc1ccc2c(COC(=O)c3cccc(CS(C)(=O)=O)c3)cc(=O)oc2c1C. The molecule has 0 saturated carbocycles. The van der Waals surface area contributed by atoms with Crippen molar-refractivity contribution in [3.8, 4) is 0 Å². The molecule has 1 aromatic heterocycles. The Balaban J connectivity index is 1.85. The van der Waals surface area contributed by atoms with Crippen molar-refractivity contribution in [1.29, 1.82) is 0 Å². The number of aryl methyl sites for hydroxylation is 2. The molecule has 6 nitrogen and oxygen atoms in total. The van der Waals surface area contributed by atoms with E-state index in [1.807, 2.05) is 26.0 Å². The van der Waals surface area contributed by atoms with Crippen LogP contribution in [0.5, 0.6) is 0 Å². The Kier molecular flexibility index (Phi) is 5.38. The molecule has 0 aliphatic carbocycles. The van der Waals surface area contributed by atoms with Crippen LogP contribution in [0.1, 0.15) is 32.6 Å². The molecule has 0 spiro atoms. The zero-order valence-corrected chi connectivity index (χ0v) is 16.6. The van der Waals surface area contributed by atoms with Gasteiger partial charge in [0.15, 0.2) is 9.84 Å². The number of hydrogen-bond donors (Lipinski definition) is 0. The van der Waals surface area contributed by atoms with E-state index in [9.17, 15) is 18.0 Å². The van der Waals surface area contributed by atoms with E-state index in [4.69, 9.17) is 9.15 Å². The summed E-state index contributed by atoms with van der Waals surface area (Å²) in [6.07, 6.45) is 1.13. The second kappa shape index (κ2) is 7.59. The van der Waals surface area contributed by atoms with E-state index < -0.39 is 21.4 Å². The number of esters is 1. The molecule has 28 heavy (non-hydrogen) atoms. The van der Waals surface area contributed by atoms with Crippen molar-refractivity contribution in [3.63, 3.8) is 0 Å².